The highest BCUT2D eigenvalue weighted by Crippen LogP contribution is 2.11. The Morgan fingerprint density at radius 1 is 1.06 bits per heavy atom. The first-order valence-electron chi connectivity index (χ1n) is 6.99. The van der Waals surface area contributed by atoms with Gasteiger partial charge in [0.05, 0.1) is 0 Å². The molecule has 102 valence electrons. The molecule has 0 aliphatic carbocycles. The standard InChI is InChI=1S/C16H28N2/c1-13(2)11-15-5-7-16(8-6-15)12-18(4)10-9-14(3)17/h5-8,13-14H,9-12,17H2,1-4H3. The molecule has 0 fully saturated rings. The van der Waals surface area contributed by atoms with Gasteiger partial charge in [-0.2, -0.15) is 0 Å². The van der Waals surface area contributed by atoms with Crippen LogP contribution in [0, 0.1) is 5.92 Å². The molecule has 2 heteroatoms. The summed E-state index contributed by atoms with van der Waals surface area (Å²) in [5.74, 6) is 0.726. The maximum atomic E-state index is 5.77. The Labute approximate surface area is 112 Å². The third-order valence-corrected chi connectivity index (χ3v) is 3.09. The molecule has 2 N–H and O–H groups in total. The van der Waals surface area contributed by atoms with Crippen molar-refractivity contribution in [3.63, 3.8) is 0 Å². The van der Waals surface area contributed by atoms with Gasteiger partial charge in [0.25, 0.3) is 0 Å². The smallest absolute Gasteiger partial charge is 0.0230 e. The van der Waals surface area contributed by atoms with Crippen LogP contribution in [0.5, 0.6) is 0 Å². The number of nitrogens with zero attached hydrogens (tertiary/aromatic N) is 1. The van der Waals surface area contributed by atoms with E-state index < -0.39 is 0 Å². The fraction of sp³-hybridized carbons (Fsp3) is 0.625. The van der Waals surface area contributed by atoms with Gasteiger partial charge in [-0.15, -0.1) is 0 Å². The molecule has 0 saturated heterocycles. The largest absolute Gasteiger partial charge is 0.328 e. The van der Waals surface area contributed by atoms with Crippen LogP contribution >= 0.6 is 0 Å². The van der Waals surface area contributed by atoms with Crippen LogP contribution in [-0.4, -0.2) is 24.5 Å². The Morgan fingerprint density at radius 2 is 1.61 bits per heavy atom. The number of nitrogens with two attached hydrogens (primary N) is 1. The molecule has 1 atom stereocenters. The quantitative estimate of drug-likeness (QED) is 0.803. The second-order valence-corrected chi connectivity index (χ2v) is 5.92. The average molecular weight is 248 g/mol. The van der Waals surface area contributed by atoms with E-state index in [4.69, 9.17) is 5.73 Å². The minimum atomic E-state index is 0.292. The first-order valence-corrected chi connectivity index (χ1v) is 6.99. The van der Waals surface area contributed by atoms with E-state index in [1.54, 1.807) is 0 Å². The van der Waals surface area contributed by atoms with Crippen LogP contribution in [0.3, 0.4) is 0 Å². The molecule has 0 amide bonds. The monoisotopic (exact) mass is 248 g/mol. The number of benzene rings is 1. The van der Waals surface area contributed by atoms with Crippen molar-refractivity contribution in [3.8, 4) is 0 Å². The highest BCUT2D eigenvalue weighted by Gasteiger charge is 2.03. The van der Waals surface area contributed by atoms with E-state index >= 15 is 0 Å². The lowest BCUT2D eigenvalue weighted by Crippen LogP contribution is -2.25. The van der Waals surface area contributed by atoms with E-state index in [2.05, 4.69) is 57.0 Å². The molecule has 1 rings (SSSR count). The van der Waals surface area contributed by atoms with E-state index in [0.717, 1.165) is 25.4 Å². The first-order chi connectivity index (χ1) is 8.47. The van der Waals surface area contributed by atoms with Crippen LogP contribution in [-0.2, 0) is 13.0 Å². The molecular weight excluding hydrogens is 220 g/mol. The van der Waals surface area contributed by atoms with Gasteiger partial charge in [-0.25, -0.2) is 0 Å². The molecule has 0 aromatic heterocycles. The fourth-order valence-corrected chi connectivity index (χ4v) is 2.07. The summed E-state index contributed by atoms with van der Waals surface area (Å²) in [6, 6.07) is 9.31. The topological polar surface area (TPSA) is 29.3 Å². The summed E-state index contributed by atoms with van der Waals surface area (Å²) in [5, 5.41) is 0. The van der Waals surface area contributed by atoms with Gasteiger partial charge in [0.2, 0.25) is 0 Å². The zero-order valence-electron chi connectivity index (χ0n) is 12.3. The van der Waals surface area contributed by atoms with Gasteiger partial charge >= 0.3 is 0 Å². The summed E-state index contributed by atoms with van der Waals surface area (Å²) < 4.78 is 0. The number of hydrogen-bond acceptors (Lipinski definition) is 2. The van der Waals surface area contributed by atoms with Crippen molar-refractivity contribution >= 4 is 0 Å². The van der Waals surface area contributed by atoms with Gasteiger partial charge in [-0.05, 0) is 50.4 Å². The lowest BCUT2D eigenvalue weighted by Gasteiger charge is -2.18. The van der Waals surface area contributed by atoms with Crippen molar-refractivity contribution in [1.29, 1.82) is 0 Å². The molecular formula is C16H28N2. The SMILES string of the molecule is CC(C)Cc1ccc(CN(C)CCC(C)N)cc1. The number of rotatable bonds is 7. The van der Waals surface area contributed by atoms with E-state index in [1.807, 2.05) is 0 Å². The summed E-state index contributed by atoms with van der Waals surface area (Å²) in [5.41, 5.74) is 8.59. The Hall–Kier alpha value is -0.860. The molecule has 0 aliphatic rings. The molecule has 0 bridgehead atoms. The molecule has 0 radical (unpaired) electrons. The van der Waals surface area contributed by atoms with Crippen molar-refractivity contribution in [2.75, 3.05) is 13.6 Å². The minimum absolute atomic E-state index is 0.292. The average Bonchev–Trinajstić information content (AvgIpc) is 2.28. The van der Waals surface area contributed by atoms with E-state index in [0.29, 0.717) is 6.04 Å². The Bertz CT molecular complexity index is 327. The van der Waals surface area contributed by atoms with Crippen LogP contribution in [0.15, 0.2) is 24.3 Å². The third-order valence-electron chi connectivity index (χ3n) is 3.09. The number of hydrogen-bond donors (Lipinski definition) is 1. The van der Waals surface area contributed by atoms with Gasteiger partial charge in [0, 0.05) is 12.6 Å². The summed E-state index contributed by atoms with van der Waals surface area (Å²) in [6.45, 7) is 8.65. The van der Waals surface area contributed by atoms with Crippen LogP contribution in [0.25, 0.3) is 0 Å². The second-order valence-electron chi connectivity index (χ2n) is 5.92. The highest BCUT2D eigenvalue weighted by atomic mass is 15.1. The molecule has 1 aromatic carbocycles. The molecule has 0 saturated carbocycles. The van der Waals surface area contributed by atoms with Crippen LogP contribution in [0.4, 0.5) is 0 Å². The van der Waals surface area contributed by atoms with Crippen LogP contribution in [0.2, 0.25) is 0 Å². The minimum Gasteiger partial charge on any atom is -0.328 e. The van der Waals surface area contributed by atoms with Gasteiger partial charge < -0.3 is 10.6 Å². The van der Waals surface area contributed by atoms with Gasteiger partial charge in [0.15, 0.2) is 0 Å². The van der Waals surface area contributed by atoms with Crippen molar-refractivity contribution in [1.82, 2.24) is 4.90 Å². The Kier molecular flexibility index (Phi) is 6.37. The molecule has 1 aromatic rings. The highest BCUT2D eigenvalue weighted by molar-refractivity contribution is 5.22. The molecule has 0 spiro atoms. The van der Waals surface area contributed by atoms with Crippen LogP contribution in [0.1, 0.15) is 38.3 Å². The van der Waals surface area contributed by atoms with Crippen molar-refractivity contribution < 1.29 is 0 Å². The van der Waals surface area contributed by atoms with Crippen molar-refractivity contribution in [2.45, 2.75) is 46.2 Å². The molecule has 18 heavy (non-hydrogen) atoms. The normalized spacial score (nSPS) is 13.3. The summed E-state index contributed by atoms with van der Waals surface area (Å²) in [4.78, 5) is 2.33. The lowest BCUT2D eigenvalue weighted by molar-refractivity contribution is 0.313. The predicted molar refractivity (Wildman–Crippen MR) is 79.6 cm³/mol. The Balaban J connectivity index is 2.42. The second kappa shape index (κ2) is 7.55. The Morgan fingerprint density at radius 3 is 2.11 bits per heavy atom. The lowest BCUT2D eigenvalue weighted by atomic mass is 10.0. The van der Waals surface area contributed by atoms with Gasteiger partial charge in [-0.3, -0.25) is 0 Å². The summed E-state index contributed by atoms with van der Waals surface area (Å²) in [6.07, 6.45) is 2.22. The van der Waals surface area contributed by atoms with E-state index in [-0.39, 0.29) is 0 Å². The molecule has 2 nitrogen and oxygen atoms in total. The van der Waals surface area contributed by atoms with E-state index in [1.165, 1.54) is 17.5 Å². The fourth-order valence-electron chi connectivity index (χ4n) is 2.07. The van der Waals surface area contributed by atoms with Crippen molar-refractivity contribution in [3.05, 3.63) is 35.4 Å². The predicted octanol–water partition coefficient (Wildman–Crippen LogP) is 3.05. The summed E-state index contributed by atoms with van der Waals surface area (Å²) >= 11 is 0. The molecule has 1 unspecified atom stereocenters. The summed E-state index contributed by atoms with van der Waals surface area (Å²) in [7, 11) is 2.16. The molecule has 0 heterocycles. The maximum Gasteiger partial charge on any atom is 0.0230 e. The zero-order chi connectivity index (χ0) is 13.5. The molecule has 0 aliphatic heterocycles. The van der Waals surface area contributed by atoms with Gasteiger partial charge in [0.1, 0.15) is 0 Å². The van der Waals surface area contributed by atoms with Crippen LogP contribution < -0.4 is 5.73 Å². The van der Waals surface area contributed by atoms with Gasteiger partial charge in [-0.1, -0.05) is 38.1 Å². The van der Waals surface area contributed by atoms with Crippen molar-refractivity contribution in [2.24, 2.45) is 11.7 Å². The maximum absolute atomic E-state index is 5.77. The third kappa shape index (κ3) is 6.18. The first kappa shape index (κ1) is 15.2. The zero-order valence-corrected chi connectivity index (χ0v) is 12.3. The van der Waals surface area contributed by atoms with E-state index in [9.17, 15) is 0 Å².